The zero-order chi connectivity index (χ0) is 20.4. The Bertz CT molecular complexity index is 1010. The number of rotatable bonds is 6. The van der Waals surface area contributed by atoms with Gasteiger partial charge in [0.25, 0.3) is 0 Å². The van der Waals surface area contributed by atoms with Crippen LogP contribution in [-0.4, -0.2) is 47.7 Å². The van der Waals surface area contributed by atoms with Crippen LogP contribution in [0.1, 0.15) is 12.8 Å². The molecule has 29 heavy (non-hydrogen) atoms. The SMILES string of the molecule is COc1ccc(OC)c(-c2c(-c3ccccc3)ncn2C[C@H]2CCC(=O)N2C)c1. The van der Waals surface area contributed by atoms with Gasteiger partial charge in [0.05, 0.1) is 31.9 Å². The average Bonchev–Trinajstić information content (AvgIpc) is 3.32. The number of amides is 1. The van der Waals surface area contributed by atoms with E-state index in [4.69, 9.17) is 14.5 Å². The van der Waals surface area contributed by atoms with Crippen molar-refractivity contribution in [3.8, 4) is 34.0 Å². The molecule has 0 N–H and O–H groups in total. The number of nitrogens with zero attached hydrogens (tertiary/aromatic N) is 3. The molecule has 0 unspecified atom stereocenters. The summed E-state index contributed by atoms with van der Waals surface area (Å²) in [6.45, 7) is 0.678. The first-order valence-electron chi connectivity index (χ1n) is 9.71. The van der Waals surface area contributed by atoms with Gasteiger partial charge in [0.2, 0.25) is 5.91 Å². The van der Waals surface area contributed by atoms with Crippen molar-refractivity contribution in [2.75, 3.05) is 21.3 Å². The summed E-state index contributed by atoms with van der Waals surface area (Å²) >= 11 is 0. The predicted octanol–water partition coefficient (Wildman–Crippen LogP) is 3.86. The molecule has 0 spiro atoms. The van der Waals surface area contributed by atoms with Crippen molar-refractivity contribution in [3.05, 3.63) is 54.9 Å². The van der Waals surface area contributed by atoms with Crippen LogP contribution >= 0.6 is 0 Å². The first kappa shape index (κ1) is 19.1. The number of hydrogen-bond donors (Lipinski definition) is 0. The number of carbonyl (C=O) groups is 1. The largest absolute Gasteiger partial charge is 0.497 e. The van der Waals surface area contributed by atoms with Crippen LogP contribution in [-0.2, 0) is 11.3 Å². The molecule has 2 heterocycles. The molecule has 1 atom stereocenters. The fourth-order valence-corrected chi connectivity index (χ4v) is 3.91. The van der Waals surface area contributed by atoms with E-state index in [1.165, 1.54) is 0 Å². The van der Waals surface area contributed by atoms with Gasteiger partial charge in [-0.25, -0.2) is 4.98 Å². The van der Waals surface area contributed by atoms with E-state index in [1.807, 2.05) is 66.8 Å². The lowest BCUT2D eigenvalue weighted by atomic mass is 10.0. The van der Waals surface area contributed by atoms with Crippen molar-refractivity contribution in [1.82, 2.24) is 14.5 Å². The highest BCUT2D eigenvalue weighted by Crippen LogP contribution is 2.39. The van der Waals surface area contributed by atoms with Gasteiger partial charge in [-0.1, -0.05) is 30.3 Å². The maximum absolute atomic E-state index is 12.0. The summed E-state index contributed by atoms with van der Waals surface area (Å²) in [7, 11) is 5.19. The van der Waals surface area contributed by atoms with E-state index >= 15 is 0 Å². The van der Waals surface area contributed by atoms with Crippen molar-refractivity contribution < 1.29 is 14.3 Å². The smallest absolute Gasteiger partial charge is 0.222 e. The van der Waals surface area contributed by atoms with Gasteiger partial charge in [-0.05, 0) is 24.6 Å². The molecule has 6 heteroatoms. The van der Waals surface area contributed by atoms with Crippen molar-refractivity contribution in [2.45, 2.75) is 25.4 Å². The van der Waals surface area contributed by atoms with E-state index in [9.17, 15) is 4.79 Å². The highest BCUT2D eigenvalue weighted by atomic mass is 16.5. The summed E-state index contributed by atoms with van der Waals surface area (Å²) in [6, 6.07) is 16.0. The van der Waals surface area contributed by atoms with E-state index in [1.54, 1.807) is 14.2 Å². The normalized spacial score (nSPS) is 16.3. The molecule has 1 aromatic heterocycles. The van der Waals surface area contributed by atoms with Crippen LogP contribution in [0.15, 0.2) is 54.9 Å². The molecule has 1 fully saturated rings. The van der Waals surface area contributed by atoms with E-state index in [-0.39, 0.29) is 11.9 Å². The highest BCUT2D eigenvalue weighted by molar-refractivity contribution is 5.83. The van der Waals surface area contributed by atoms with Gasteiger partial charge in [0.1, 0.15) is 11.5 Å². The third-order valence-electron chi connectivity index (χ3n) is 5.59. The number of ether oxygens (including phenoxy) is 2. The summed E-state index contributed by atoms with van der Waals surface area (Å²) < 4.78 is 13.3. The Morgan fingerprint density at radius 1 is 1.10 bits per heavy atom. The number of imidazole rings is 1. The average molecular weight is 391 g/mol. The lowest BCUT2D eigenvalue weighted by Crippen LogP contribution is -2.32. The molecular formula is C23H25N3O3. The Morgan fingerprint density at radius 2 is 1.90 bits per heavy atom. The summed E-state index contributed by atoms with van der Waals surface area (Å²) in [5.41, 5.74) is 3.78. The van der Waals surface area contributed by atoms with E-state index in [0.717, 1.165) is 40.4 Å². The third-order valence-corrected chi connectivity index (χ3v) is 5.59. The van der Waals surface area contributed by atoms with Crippen LogP contribution in [0.5, 0.6) is 11.5 Å². The third kappa shape index (κ3) is 3.58. The fourth-order valence-electron chi connectivity index (χ4n) is 3.91. The standard InChI is InChI=1S/C23H25N3O3/c1-25-17(9-12-21(25)27)14-26-15-24-22(16-7-5-4-6-8-16)23(26)19-13-18(28-2)10-11-20(19)29-3/h4-8,10-11,13,15,17H,9,12,14H2,1-3H3/t17-/m1/s1. The molecule has 0 bridgehead atoms. The first-order chi connectivity index (χ1) is 14.1. The number of hydrogen-bond acceptors (Lipinski definition) is 4. The lowest BCUT2D eigenvalue weighted by Gasteiger charge is -2.22. The number of aromatic nitrogens is 2. The Kier molecular flexibility index (Phi) is 5.25. The summed E-state index contributed by atoms with van der Waals surface area (Å²) in [4.78, 5) is 18.6. The van der Waals surface area contributed by atoms with Gasteiger partial charge in [0, 0.05) is 37.2 Å². The number of likely N-dealkylation sites (N-methyl/N-ethyl adjacent to an activating group) is 1. The van der Waals surface area contributed by atoms with E-state index in [2.05, 4.69) is 4.57 Å². The molecule has 3 aromatic rings. The lowest BCUT2D eigenvalue weighted by molar-refractivity contribution is -0.127. The first-order valence-corrected chi connectivity index (χ1v) is 9.71. The Balaban J connectivity index is 1.86. The van der Waals surface area contributed by atoms with Gasteiger partial charge in [-0.2, -0.15) is 0 Å². The summed E-state index contributed by atoms with van der Waals surface area (Å²) in [5, 5.41) is 0. The van der Waals surface area contributed by atoms with Crippen LogP contribution in [0.4, 0.5) is 0 Å². The van der Waals surface area contributed by atoms with Crippen LogP contribution in [0.25, 0.3) is 22.5 Å². The second kappa shape index (κ2) is 7.99. The maximum Gasteiger partial charge on any atom is 0.222 e. The van der Waals surface area contributed by atoms with Gasteiger partial charge in [-0.15, -0.1) is 0 Å². The summed E-state index contributed by atoms with van der Waals surface area (Å²) in [6.07, 6.45) is 3.30. The number of carbonyl (C=O) groups excluding carboxylic acids is 1. The molecular weight excluding hydrogens is 366 g/mol. The molecule has 0 radical (unpaired) electrons. The van der Waals surface area contributed by atoms with E-state index < -0.39 is 0 Å². The van der Waals surface area contributed by atoms with Gasteiger partial charge < -0.3 is 18.9 Å². The van der Waals surface area contributed by atoms with Crippen molar-refractivity contribution in [1.29, 1.82) is 0 Å². The Morgan fingerprint density at radius 3 is 2.55 bits per heavy atom. The minimum absolute atomic E-state index is 0.149. The van der Waals surface area contributed by atoms with Gasteiger partial charge in [-0.3, -0.25) is 4.79 Å². The molecule has 1 aliphatic rings. The number of methoxy groups -OCH3 is 2. The van der Waals surface area contributed by atoms with Crippen LogP contribution < -0.4 is 9.47 Å². The quantitative estimate of drug-likeness (QED) is 0.640. The van der Waals surface area contributed by atoms with Gasteiger partial charge in [0.15, 0.2) is 0 Å². The molecule has 0 saturated carbocycles. The monoisotopic (exact) mass is 391 g/mol. The van der Waals surface area contributed by atoms with Crippen LogP contribution in [0.3, 0.4) is 0 Å². The molecule has 150 valence electrons. The molecule has 4 rings (SSSR count). The van der Waals surface area contributed by atoms with Crippen LogP contribution in [0.2, 0.25) is 0 Å². The minimum atomic E-state index is 0.149. The van der Waals surface area contributed by atoms with Crippen molar-refractivity contribution >= 4 is 5.91 Å². The molecule has 1 amide bonds. The second-order valence-corrected chi connectivity index (χ2v) is 7.22. The molecule has 6 nitrogen and oxygen atoms in total. The molecule has 0 aliphatic carbocycles. The second-order valence-electron chi connectivity index (χ2n) is 7.22. The van der Waals surface area contributed by atoms with Crippen molar-refractivity contribution in [3.63, 3.8) is 0 Å². The molecule has 2 aromatic carbocycles. The summed E-state index contributed by atoms with van der Waals surface area (Å²) in [5.74, 6) is 1.69. The fraction of sp³-hybridized carbons (Fsp3) is 0.304. The van der Waals surface area contributed by atoms with E-state index in [0.29, 0.717) is 13.0 Å². The van der Waals surface area contributed by atoms with Crippen molar-refractivity contribution in [2.24, 2.45) is 0 Å². The zero-order valence-electron chi connectivity index (χ0n) is 17.0. The Hall–Kier alpha value is -3.28. The number of benzene rings is 2. The minimum Gasteiger partial charge on any atom is -0.497 e. The topological polar surface area (TPSA) is 56.6 Å². The Labute approximate surface area is 170 Å². The maximum atomic E-state index is 12.0. The number of likely N-dealkylation sites (tertiary alicyclic amines) is 1. The molecule has 1 aliphatic heterocycles. The van der Waals surface area contributed by atoms with Gasteiger partial charge >= 0.3 is 0 Å². The zero-order valence-corrected chi connectivity index (χ0v) is 17.0. The molecule has 1 saturated heterocycles. The highest BCUT2D eigenvalue weighted by Gasteiger charge is 2.29. The van der Waals surface area contributed by atoms with Crippen LogP contribution in [0, 0.1) is 0 Å². The predicted molar refractivity (Wildman–Crippen MR) is 112 cm³/mol.